The molecule has 7 heteroatoms. The van der Waals surface area contributed by atoms with Gasteiger partial charge in [-0.05, 0) is 18.6 Å². The molecule has 1 aliphatic heterocycles. The maximum Gasteiger partial charge on any atom is 0.210 e. The van der Waals surface area contributed by atoms with Crippen LogP contribution in [-0.2, 0) is 6.42 Å². The fraction of sp³-hybridized carbons (Fsp3) is 0.312. The van der Waals surface area contributed by atoms with Crippen molar-refractivity contribution >= 4 is 32.5 Å². The summed E-state index contributed by atoms with van der Waals surface area (Å²) in [6.45, 7) is 1.30. The standard InChI is InChI=1S/C16H17N5OS/c17-15-19-20-16(23-15)21-8-11(14(22)9-21)7-12-6-5-10-3-1-2-4-13(10)18-12/h1-6,11,14,22H,7-9H2,(H2,17,19)/t11-,14-/m1/s1. The Morgan fingerprint density at radius 2 is 2.04 bits per heavy atom. The number of aromatic nitrogens is 3. The molecule has 23 heavy (non-hydrogen) atoms. The normalized spacial score (nSPS) is 21.2. The number of hydrogen-bond donors (Lipinski definition) is 2. The van der Waals surface area contributed by atoms with Gasteiger partial charge in [0.25, 0.3) is 0 Å². The lowest BCUT2D eigenvalue weighted by Crippen LogP contribution is -2.20. The Morgan fingerprint density at radius 3 is 2.87 bits per heavy atom. The van der Waals surface area contributed by atoms with Crippen molar-refractivity contribution in [3.8, 4) is 0 Å². The third kappa shape index (κ3) is 2.85. The van der Waals surface area contributed by atoms with Crippen LogP contribution in [0, 0.1) is 5.92 Å². The van der Waals surface area contributed by atoms with Crippen LogP contribution in [0.1, 0.15) is 5.69 Å². The van der Waals surface area contributed by atoms with Crippen LogP contribution in [0.5, 0.6) is 0 Å². The zero-order valence-electron chi connectivity index (χ0n) is 12.5. The predicted octanol–water partition coefficient (Wildman–Crippen LogP) is 1.71. The van der Waals surface area contributed by atoms with Gasteiger partial charge in [-0.3, -0.25) is 4.98 Å². The highest BCUT2D eigenvalue weighted by Crippen LogP contribution is 2.29. The third-order valence-corrected chi connectivity index (χ3v) is 5.05. The fourth-order valence-corrected chi connectivity index (χ4v) is 3.68. The Morgan fingerprint density at radius 1 is 1.17 bits per heavy atom. The zero-order valence-corrected chi connectivity index (χ0v) is 13.3. The van der Waals surface area contributed by atoms with E-state index in [1.54, 1.807) is 0 Å². The highest BCUT2D eigenvalue weighted by Gasteiger charge is 2.33. The van der Waals surface area contributed by atoms with Crippen LogP contribution in [0.3, 0.4) is 0 Å². The van der Waals surface area contributed by atoms with Crippen molar-refractivity contribution < 1.29 is 5.11 Å². The van der Waals surface area contributed by atoms with Crippen LogP contribution in [0.15, 0.2) is 36.4 Å². The van der Waals surface area contributed by atoms with Gasteiger partial charge in [0.1, 0.15) is 0 Å². The van der Waals surface area contributed by atoms with Crippen LogP contribution in [0.2, 0.25) is 0 Å². The second kappa shape index (κ2) is 5.75. The van der Waals surface area contributed by atoms with Gasteiger partial charge >= 0.3 is 0 Å². The Kier molecular flexibility index (Phi) is 3.59. The average molecular weight is 327 g/mol. The Bertz CT molecular complexity index is 836. The van der Waals surface area contributed by atoms with Crippen LogP contribution in [0.25, 0.3) is 10.9 Å². The number of benzene rings is 1. The molecule has 1 fully saturated rings. The molecule has 3 aromatic rings. The van der Waals surface area contributed by atoms with Gasteiger partial charge in [-0.25, -0.2) is 0 Å². The molecule has 1 aromatic carbocycles. The first kappa shape index (κ1) is 14.3. The number of aliphatic hydroxyl groups excluding tert-OH is 1. The number of fused-ring (bicyclic) bond motifs is 1. The number of rotatable bonds is 3. The number of aliphatic hydroxyl groups is 1. The van der Waals surface area contributed by atoms with E-state index in [-0.39, 0.29) is 5.92 Å². The highest BCUT2D eigenvalue weighted by atomic mass is 32.1. The first-order valence-corrected chi connectivity index (χ1v) is 8.37. The molecular weight excluding hydrogens is 310 g/mol. The zero-order chi connectivity index (χ0) is 15.8. The fourth-order valence-electron chi connectivity index (χ4n) is 3.06. The third-order valence-electron chi connectivity index (χ3n) is 4.23. The van der Waals surface area contributed by atoms with E-state index in [0.717, 1.165) is 34.7 Å². The molecule has 2 aromatic heterocycles. The van der Waals surface area contributed by atoms with Gasteiger partial charge in [-0.15, -0.1) is 10.2 Å². The minimum atomic E-state index is -0.395. The molecule has 0 amide bonds. The number of nitrogens with two attached hydrogens (primary N) is 1. The summed E-state index contributed by atoms with van der Waals surface area (Å²) in [5.74, 6) is 0.133. The van der Waals surface area contributed by atoms with Crippen LogP contribution >= 0.6 is 11.3 Å². The monoisotopic (exact) mass is 327 g/mol. The van der Waals surface area contributed by atoms with Crippen LogP contribution in [-0.4, -0.2) is 39.5 Å². The smallest absolute Gasteiger partial charge is 0.210 e. The summed E-state index contributed by atoms with van der Waals surface area (Å²) in [5, 5.41) is 20.6. The van der Waals surface area contributed by atoms with Gasteiger partial charge < -0.3 is 15.7 Å². The minimum absolute atomic E-state index is 0.133. The topological polar surface area (TPSA) is 88.2 Å². The molecule has 0 bridgehead atoms. The van der Waals surface area contributed by atoms with E-state index >= 15 is 0 Å². The van der Waals surface area contributed by atoms with E-state index in [1.807, 2.05) is 29.2 Å². The quantitative estimate of drug-likeness (QED) is 0.761. The summed E-state index contributed by atoms with van der Waals surface area (Å²) in [7, 11) is 0. The lowest BCUT2D eigenvalue weighted by atomic mass is 9.99. The predicted molar refractivity (Wildman–Crippen MR) is 91.5 cm³/mol. The molecule has 3 N–H and O–H groups in total. The number of β-amino-alcohol motifs (C(OH)–C–C–N with tert-alkyl or cyclic N) is 1. The largest absolute Gasteiger partial charge is 0.391 e. The first-order chi connectivity index (χ1) is 11.2. The molecular formula is C16H17N5OS. The Hall–Kier alpha value is -2.25. The molecule has 0 saturated carbocycles. The molecule has 2 atom stereocenters. The molecule has 3 heterocycles. The lowest BCUT2D eigenvalue weighted by molar-refractivity contribution is 0.148. The van der Waals surface area contributed by atoms with Crippen molar-refractivity contribution in [1.29, 1.82) is 0 Å². The number of hydrogen-bond acceptors (Lipinski definition) is 7. The SMILES string of the molecule is Nc1nnc(N2C[C@@H](Cc3ccc4ccccc4n3)[C@H](O)C2)s1. The molecule has 0 radical (unpaired) electrons. The van der Waals surface area contributed by atoms with E-state index in [4.69, 9.17) is 10.7 Å². The summed E-state index contributed by atoms with van der Waals surface area (Å²) in [5.41, 5.74) is 7.64. The van der Waals surface area contributed by atoms with E-state index in [9.17, 15) is 5.11 Å². The number of nitrogens with zero attached hydrogens (tertiary/aromatic N) is 4. The minimum Gasteiger partial charge on any atom is -0.391 e. The van der Waals surface area contributed by atoms with E-state index in [0.29, 0.717) is 11.7 Å². The second-order valence-corrected chi connectivity index (χ2v) is 6.84. The van der Waals surface area contributed by atoms with Gasteiger partial charge in [0.05, 0.1) is 11.6 Å². The van der Waals surface area contributed by atoms with E-state index < -0.39 is 6.10 Å². The number of nitrogen functional groups attached to an aromatic ring is 1. The van der Waals surface area contributed by atoms with Gasteiger partial charge in [0.15, 0.2) is 0 Å². The van der Waals surface area contributed by atoms with Crippen molar-refractivity contribution in [2.45, 2.75) is 12.5 Å². The van der Waals surface area contributed by atoms with Crippen molar-refractivity contribution in [3.63, 3.8) is 0 Å². The van der Waals surface area contributed by atoms with Crippen LogP contribution in [0.4, 0.5) is 10.3 Å². The van der Waals surface area contributed by atoms with Gasteiger partial charge in [0, 0.05) is 30.1 Å². The molecule has 6 nitrogen and oxygen atoms in total. The summed E-state index contributed by atoms with van der Waals surface area (Å²) < 4.78 is 0. The summed E-state index contributed by atoms with van der Waals surface area (Å²) in [4.78, 5) is 6.75. The van der Waals surface area contributed by atoms with E-state index in [1.165, 1.54) is 11.3 Å². The van der Waals surface area contributed by atoms with Crippen molar-refractivity contribution in [1.82, 2.24) is 15.2 Å². The molecule has 1 saturated heterocycles. The van der Waals surface area contributed by atoms with Crippen molar-refractivity contribution in [2.75, 3.05) is 23.7 Å². The Labute approximate surface area is 137 Å². The summed E-state index contributed by atoms with van der Waals surface area (Å²) >= 11 is 1.35. The van der Waals surface area contributed by atoms with Gasteiger partial charge in [-0.2, -0.15) is 0 Å². The molecule has 118 valence electrons. The first-order valence-electron chi connectivity index (χ1n) is 7.56. The number of pyridine rings is 1. The number of para-hydroxylation sites is 1. The molecule has 4 rings (SSSR count). The van der Waals surface area contributed by atoms with Crippen molar-refractivity contribution in [2.24, 2.45) is 5.92 Å². The van der Waals surface area contributed by atoms with Gasteiger partial charge in [-0.1, -0.05) is 35.6 Å². The molecule has 0 unspecified atom stereocenters. The van der Waals surface area contributed by atoms with Crippen LogP contribution < -0.4 is 10.6 Å². The Balaban J connectivity index is 1.51. The molecule has 0 aliphatic carbocycles. The highest BCUT2D eigenvalue weighted by molar-refractivity contribution is 7.18. The lowest BCUT2D eigenvalue weighted by Gasteiger charge is -2.14. The number of anilines is 2. The summed E-state index contributed by atoms with van der Waals surface area (Å²) in [6, 6.07) is 12.2. The second-order valence-electron chi connectivity index (χ2n) is 5.85. The van der Waals surface area contributed by atoms with Crippen molar-refractivity contribution in [3.05, 3.63) is 42.1 Å². The molecule has 1 aliphatic rings. The maximum atomic E-state index is 10.4. The summed E-state index contributed by atoms with van der Waals surface area (Å²) in [6.07, 6.45) is 0.352. The molecule has 0 spiro atoms. The maximum absolute atomic E-state index is 10.4. The average Bonchev–Trinajstić information content (AvgIpc) is 3.14. The van der Waals surface area contributed by atoms with E-state index in [2.05, 4.69) is 22.3 Å². The van der Waals surface area contributed by atoms with Gasteiger partial charge in [0.2, 0.25) is 10.3 Å².